The molecule has 2 aliphatic rings. The van der Waals surface area contributed by atoms with Crippen LogP contribution in [0.2, 0.25) is 0 Å². The molecule has 4 nitrogen and oxygen atoms in total. The van der Waals surface area contributed by atoms with E-state index in [0.717, 1.165) is 38.6 Å². The van der Waals surface area contributed by atoms with Crippen molar-refractivity contribution in [3.05, 3.63) is 0 Å². The molecule has 0 aromatic carbocycles. The zero-order chi connectivity index (χ0) is 13.7. The van der Waals surface area contributed by atoms with E-state index in [9.17, 15) is 4.79 Å². The Hall–Kier alpha value is -0.610. The van der Waals surface area contributed by atoms with Crippen molar-refractivity contribution < 1.29 is 9.53 Å². The maximum absolute atomic E-state index is 12.7. The van der Waals surface area contributed by atoms with Crippen LogP contribution in [0.15, 0.2) is 0 Å². The average Bonchev–Trinajstić information content (AvgIpc) is 2.86. The topological polar surface area (TPSA) is 50.4 Å². The van der Waals surface area contributed by atoms with Gasteiger partial charge >= 0.3 is 0 Å². The molecule has 0 spiro atoms. The van der Waals surface area contributed by atoms with Crippen LogP contribution in [0.4, 0.5) is 0 Å². The Kier molecular flexibility index (Phi) is 5.22. The van der Waals surface area contributed by atoms with E-state index in [4.69, 9.17) is 4.74 Å². The van der Waals surface area contributed by atoms with Gasteiger partial charge in [-0.25, -0.2) is 0 Å². The number of nitrogens with one attached hydrogen (secondary N) is 2. The molecule has 2 atom stereocenters. The van der Waals surface area contributed by atoms with Crippen molar-refractivity contribution in [1.82, 2.24) is 10.6 Å². The SMILES string of the molecule is COCCC1(C(=O)NC2CCNC(C)C2)CCCC1. The minimum absolute atomic E-state index is 0.149. The van der Waals surface area contributed by atoms with Crippen molar-refractivity contribution in [2.45, 2.75) is 64.0 Å². The summed E-state index contributed by atoms with van der Waals surface area (Å²) in [6.07, 6.45) is 7.39. The molecule has 19 heavy (non-hydrogen) atoms. The number of rotatable bonds is 5. The van der Waals surface area contributed by atoms with Gasteiger partial charge in [0.05, 0.1) is 5.41 Å². The van der Waals surface area contributed by atoms with Gasteiger partial charge in [-0.05, 0) is 45.6 Å². The van der Waals surface area contributed by atoms with E-state index in [-0.39, 0.29) is 11.3 Å². The number of methoxy groups -OCH3 is 1. The van der Waals surface area contributed by atoms with Crippen LogP contribution >= 0.6 is 0 Å². The number of hydrogen-bond acceptors (Lipinski definition) is 3. The van der Waals surface area contributed by atoms with Gasteiger partial charge in [-0.2, -0.15) is 0 Å². The largest absolute Gasteiger partial charge is 0.385 e. The Morgan fingerprint density at radius 2 is 2.16 bits per heavy atom. The monoisotopic (exact) mass is 268 g/mol. The van der Waals surface area contributed by atoms with Gasteiger partial charge in [-0.1, -0.05) is 12.8 Å². The van der Waals surface area contributed by atoms with Crippen LogP contribution in [0.5, 0.6) is 0 Å². The average molecular weight is 268 g/mol. The molecule has 1 saturated heterocycles. The van der Waals surface area contributed by atoms with Crippen molar-refractivity contribution in [1.29, 1.82) is 0 Å². The molecule has 0 bridgehead atoms. The highest BCUT2D eigenvalue weighted by Gasteiger charge is 2.41. The number of ether oxygens (including phenoxy) is 1. The fourth-order valence-corrected chi connectivity index (χ4v) is 3.54. The van der Waals surface area contributed by atoms with E-state index in [1.165, 1.54) is 12.8 Å². The number of amides is 1. The normalized spacial score (nSPS) is 30.2. The zero-order valence-electron chi connectivity index (χ0n) is 12.3. The van der Waals surface area contributed by atoms with Crippen LogP contribution < -0.4 is 10.6 Å². The maximum Gasteiger partial charge on any atom is 0.226 e. The van der Waals surface area contributed by atoms with E-state index < -0.39 is 0 Å². The fraction of sp³-hybridized carbons (Fsp3) is 0.933. The first-order valence-electron chi connectivity index (χ1n) is 7.69. The summed E-state index contributed by atoms with van der Waals surface area (Å²) in [6.45, 7) is 3.89. The van der Waals surface area contributed by atoms with Crippen molar-refractivity contribution >= 4 is 5.91 Å². The molecule has 4 heteroatoms. The van der Waals surface area contributed by atoms with Gasteiger partial charge in [0.2, 0.25) is 5.91 Å². The van der Waals surface area contributed by atoms with Crippen molar-refractivity contribution in [3.8, 4) is 0 Å². The summed E-state index contributed by atoms with van der Waals surface area (Å²) in [7, 11) is 1.72. The second-order valence-electron chi connectivity index (χ2n) is 6.28. The molecular weight excluding hydrogens is 240 g/mol. The first kappa shape index (κ1) is 14.8. The lowest BCUT2D eigenvalue weighted by Crippen LogP contribution is -2.50. The summed E-state index contributed by atoms with van der Waals surface area (Å²) in [4.78, 5) is 12.7. The molecule has 2 unspecified atom stereocenters. The molecule has 1 saturated carbocycles. The van der Waals surface area contributed by atoms with Crippen LogP contribution in [0.1, 0.15) is 51.9 Å². The predicted octanol–water partition coefficient (Wildman–Crippen LogP) is 1.84. The van der Waals surface area contributed by atoms with E-state index in [2.05, 4.69) is 17.6 Å². The number of piperidine rings is 1. The zero-order valence-corrected chi connectivity index (χ0v) is 12.3. The molecule has 2 N–H and O–H groups in total. The van der Waals surface area contributed by atoms with Crippen LogP contribution in [-0.2, 0) is 9.53 Å². The molecule has 1 amide bonds. The standard InChI is InChI=1S/C15H28N2O2/c1-12-11-13(5-9-16-12)17-14(18)15(8-10-19-2)6-3-4-7-15/h12-13,16H,3-11H2,1-2H3,(H,17,18). The molecule has 0 aromatic heterocycles. The van der Waals surface area contributed by atoms with E-state index >= 15 is 0 Å². The molecule has 1 aliphatic carbocycles. The molecule has 2 rings (SSSR count). The highest BCUT2D eigenvalue weighted by Crippen LogP contribution is 2.41. The number of carbonyl (C=O) groups is 1. The van der Waals surface area contributed by atoms with E-state index in [1.807, 2.05) is 0 Å². The number of hydrogen-bond donors (Lipinski definition) is 2. The maximum atomic E-state index is 12.7. The summed E-state index contributed by atoms with van der Waals surface area (Å²) in [5, 5.41) is 6.73. The lowest BCUT2D eigenvalue weighted by atomic mass is 9.81. The predicted molar refractivity (Wildman–Crippen MR) is 76.0 cm³/mol. The highest BCUT2D eigenvalue weighted by molar-refractivity contribution is 5.83. The summed E-state index contributed by atoms with van der Waals surface area (Å²) in [6, 6.07) is 0.862. The van der Waals surface area contributed by atoms with Gasteiger partial charge < -0.3 is 15.4 Å². The highest BCUT2D eigenvalue weighted by atomic mass is 16.5. The van der Waals surface area contributed by atoms with Gasteiger partial charge in [0, 0.05) is 25.8 Å². The van der Waals surface area contributed by atoms with E-state index in [1.54, 1.807) is 7.11 Å². The summed E-state index contributed by atoms with van der Waals surface area (Å²) < 4.78 is 5.20. The molecule has 2 fully saturated rings. The molecule has 1 aliphatic heterocycles. The number of carbonyl (C=O) groups excluding carboxylic acids is 1. The van der Waals surface area contributed by atoms with Crippen LogP contribution in [0.25, 0.3) is 0 Å². The second kappa shape index (κ2) is 6.71. The molecule has 1 heterocycles. The Morgan fingerprint density at radius 3 is 2.79 bits per heavy atom. The third-order valence-electron chi connectivity index (χ3n) is 4.79. The third-order valence-corrected chi connectivity index (χ3v) is 4.79. The minimum atomic E-state index is -0.149. The van der Waals surface area contributed by atoms with Gasteiger partial charge in [0.15, 0.2) is 0 Å². The van der Waals surface area contributed by atoms with E-state index in [0.29, 0.717) is 18.7 Å². The van der Waals surface area contributed by atoms with Gasteiger partial charge in [0.25, 0.3) is 0 Å². The van der Waals surface area contributed by atoms with Gasteiger partial charge in [-0.15, -0.1) is 0 Å². The van der Waals surface area contributed by atoms with Crippen molar-refractivity contribution in [2.75, 3.05) is 20.3 Å². The lowest BCUT2D eigenvalue weighted by molar-refractivity contribution is -0.132. The van der Waals surface area contributed by atoms with Gasteiger partial charge in [0.1, 0.15) is 0 Å². The first-order valence-corrected chi connectivity index (χ1v) is 7.69. The second-order valence-corrected chi connectivity index (χ2v) is 6.28. The Bertz CT molecular complexity index is 301. The van der Waals surface area contributed by atoms with Crippen molar-refractivity contribution in [3.63, 3.8) is 0 Å². The van der Waals surface area contributed by atoms with Crippen LogP contribution in [-0.4, -0.2) is 38.3 Å². The minimum Gasteiger partial charge on any atom is -0.385 e. The lowest BCUT2D eigenvalue weighted by Gasteiger charge is -2.33. The van der Waals surface area contributed by atoms with Crippen LogP contribution in [0, 0.1) is 5.41 Å². The molecule has 0 aromatic rings. The Labute approximate surface area is 116 Å². The summed E-state index contributed by atoms with van der Waals surface area (Å²) in [5.41, 5.74) is -0.149. The Morgan fingerprint density at radius 1 is 1.42 bits per heavy atom. The Balaban J connectivity index is 1.91. The van der Waals surface area contributed by atoms with Crippen LogP contribution in [0.3, 0.4) is 0 Å². The quantitative estimate of drug-likeness (QED) is 0.800. The summed E-state index contributed by atoms with van der Waals surface area (Å²) >= 11 is 0. The molecule has 110 valence electrons. The van der Waals surface area contributed by atoms with Crippen molar-refractivity contribution in [2.24, 2.45) is 5.41 Å². The fourth-order valence-electron chi connectivity index (χ4n) is 3.54. The molecule has 0 radical (unpaired) electrons. The third kappa shape index (κ3) is 3.69. The summed E-state index contributed by atoms with van der Waals surface area (Å²) in [5.74, 6) is 0.279. The molecular formula is C15H28N2O2. The smallest absolute Gasteiger partial charge is 0.226 e. The van der Waals surface area contributed by atoms with Gasteiger partial charge in [-0.3, -0.25) is 4.79 Å². The first-order chi connectivity index (χ1) is 9.16.